The molecule has 0 bridgehead atoms. The first kappa shape index (κ1) is 6.26. The highest BCUT2D eigenvalue weighted by atomic mass is 16.1. The Bertz CT molecular complexity index is 138. The number of hydrogen-bond donors (Lipinski definition) is 1. The Labute approximate surface area is 54.1 Å². The first-order valence-electron chi connectivity index (χ1n) is 3.08. The molecule has 0 unspecified atom stereocenters. The summed E-state index contributed by atoms with van der Waals surface area (Å²) < 4.78 is 0. The van der Waals surface area contributed by atoms with Crippen molar-refractivity contribution in [3.63, 3.8) is 0 Å². The van der Waals surface area contributed by atoms with Gasteiger partial charge in [-0.05, 0) is 25.7 Å². The highest BCUT2D eigenvalue weighted by Crippen LogP contribution is 2.29. The average Bonchev–Trinajstić information content (AvgIpc) is 2.63. The molecule has 0 aromatic rings. The molecular formula is C6H10N2O. The Morgan fingerprint density at radius 2 is 2.44 bits per heavy atom. The number of amides is 1. The van der Waals surface area contributed by atoms with Crippen molar-refractivity contribution >= 4 is 12.1 Å². The predicted octanol–water partition coefficient (Wildman–Crippen LogP) is 0.518. The van der Waals surface area contributed by atoms with E-state index in [1.165, 1.54) is 12.8 Å². The van der Waals surface area contributed by atoms with E-state index in [1.807, 2.05) is 6.92 Å². The van der Waals surface area contributed by atoms with Crippen LogP contribution in [0.1, 0.15) is 19.8 Å². The molecule has 3 nitrogen and oxygen atoms in total. The van der Waals surface area contributed by atoms with Gasteiger partial charge in [0.05, 0.1) is 0 Å². The molecule has 0 radical (unpaired) electrons. The molecule has 0 aliphatic heterocycles. The number of hydrazone groups is 1. The minimum atomic E-state index is 0.589. The van der Waals surface area contributed by atoms with Gasteiger partial charge in [0.2, 0.25) is 6.41 Å². The van der Waals surface area contributed by atoms with Crippen LogP contribution in [0.5, 0.6) is 0 Å². The molecular weight excluding hydrogens is 116 g/mol. The lowest BCUT2D eigenvalue weighted by Gasteiger charge is -1.91. The van der Waals surface area contributed by atoms with E-state index in [9.17, 15) is 4.79 Å². The van der Waals surface area contributed by atoms with Gasteiger partial charge in [0.15, 0.2) is 0 Å². The van der Waals surface area contributed by atoms with Gasteiger partial charge in [-0.2, -0.15) is 5.10 Å². The molecule has 9 heavy (non-hydrogen) atoms. The fourth-order valence-corrected chi connectivity index (χ4v) is 0.721. The average molecular weight is 126 g/mol. The summed E-state index contributed by atoms with van der Waals surface area (Å²) in [6, 6.07) is 0. The molecule has 0 saturated heterocycles. The number of hydrogen-bond acceptors (Lipinski definition) is 2. The summed E-state index contributed by atoms with van der Waals surface area (Å²) in [4.78, 5) is 9.73. The quantitative estimate of drug-likeness (QED) is 0.334. The third-order valence-corrected chi connectivity index (χ3v) is 1.46. The molecule has 0 heterocycles. The van der Waals surface area contributed by atoms with Crippen molar-refractivity contribution in [2.24, 2.45) is 11.0 Å². The Morgan fingerprint density at radius 1 is 1.78 bits per heavy atom. The van der Waals surface area contributed by atoms with Gasteiger partial charge in [0.25, 0.3) is 0 Å². The highest BCUT2D eigenvalue weighted by molar-refractivity contribution is 5.86. The van der Waals surface area contributed by atoms with Gasteiger partial charge >= 0.3 is 0 Å². The van der Waals surface area contributed by atoms with Crippen LogP contribution in [0.15, 0.2) is 5.10 Å². The number of carbonyl (C=O) groups is 1. The molecule has 1 aliphatic rings. The van der Waals surface area contributed by atoms with Crippen molar-refractivity contribution in [3.8, 4) is 0 Å². The fraction of sp³-hybridized carbons (Fsp3) is 0.667. The highest BCUT2D eigenvalue weighted by Gasteiger charge is 2.24. The molecule has 1 fully saturated rings. The number of carbonyl (C=O) groups excluding carboxylic acids is 1. The minimum Gasteiger partial charge on any atom is -0.277 e. The largest absolute Gasteiger partial charge is 0.277 e. The zero-order valence-electron chi connectivity index (χ0n) is 5.42. The summed E-state index contributed by atoms with van der Waals surface area (Å²) in [5.74, 6) is 0.650. The van der Waals surface area contributed by atoms with Crippen molar-refractivity contribution in [2.75, 3.05) is 0 Å². The van der Waals surface area contributed by atoms with Crippen molar-refractivity contribution in [1.82, 2.24) is 5.43 Å². The maximum Gasteiger partial charge on any atom is 0.227 e. The van der Waals surface area contributed by atoms with Crippen LogP contribution in [0.3, 0.4) is 0 Å². The van der Waals surface area contributed by atoms with E-state index in [0.29, 0.717) is 12.3 Å². The second-order valence-corrected chi connectivity index (χ2v) is 2.27. The summed E-state index contributed by atoms with van der Waals surface area (Å²) >= 11 is 0. The molecule has 0 aromatic heterocycles. The molecule has 0 atom stereocenters. The van der Waals surface area contributed by atoms with Crippen molar-refractivity contribution in [1.29, 1.82) is 0 Å². The lowest BCUT2D eigenvalue weighted by molar-refractivity contribution is -0.109. The Balaban J connectivity index is 2.28. The second kappa shape index (κ2) is 2.62. The topological polar surface area (TPSA) is 41.5 Å². The summed E-state index contributed by atoms with van der Waals surface area (Å²) in [5, 5.41) is 3.80. The molecule has 1 N–H and O–H groups in total. The van der Waals surface area contributed by atoms with Crippen LogP contribution in [-0.2, 0) is 4.79 Å². The van der Waals surface area contributed by atoms with Crippen molar-refractivity contribution in [2.45, 2.75) is 19.8 Å². The van der Waals surface area contributed by atoms with Crippen LogP contribution < -0.4 is 5.43 Å². The standard InChI is InChI=1S/C6H10N2O/c1-5(6-2-3-6)8-7-4-9/h4,6H,2-3H2,1H3,(H,7,9)/b8-5+. The van der Waals surface area contributed by atoms with Gasteiger partial charge < -0.3 is 0 Å². The molecule has 3 heteroatoms. The van der Waals surface area contributed by atoms with E-state index < -0.39 is 0 Å². The zero-order chi connectivity index (χ0) is 6.69. The third kappa shape index (κ3) is 1.83. The van der Waals surface area contributed by atoms with Crippen LogP contribution in [0.4, 0.5) is 0 Å². The van der Waals surface area contributed by atoms with E-state index >= 15 is 0 Å². The Kier molecular flexibility index (Phi) is 1.82. The number of nitrogens with zero attached hydrogens (tertiary/aromatic N) is 1. The van der Waals surface area contributed by atoms with Gasteiger partial charge in [0.1, 0.15) is 0 Å². The molecule has 0 aromatic carbocycles. The normalized spacial score (nSPS) is 19.4. The maximum absolute atomic E-state index is 9.73. The summed E-state index contributed by atoms with van der Waals surface area (Å²) in [5.41, 5.74) is 3.32. The zero-order valence-corrected chi connectivity index (χ0v) is 5.42. The van der Waals surface area contributed by atoms with Gasteiger partial charge in [-0.1, -0.05) is 0 Å². The minimum absolute atomic E-state index is 0.589. The van der Waals surface area contributed by atoms with Gasteiger partial charge in [-0.3, -0.25) is 4.79 Å². The molecule has 50 valence electrons. The van der Waals surface area contributed by atoms with E-state index in [1.54, 1.807) is 0 Å². The van der Waals surface area contributed by atoms with Crippen LogP contribution in [0, 0.1) is 5.92 Å². The Morgan fingerprint density at radius 3 is 2.89 bits per heavy atom. The van der Waals surface area contributed by atoms with E-state index in [0.717, 1.165) is 5.71 Å². The predicted molar refractivity (Wildman–Crippen MR) is 35.0 cm³/mol. The number of nitrogens with one attached hydrogen (secondary N) is 1. The maximum atomic E-state index is 9.73. The molecule has 1 aliphatic carbocycles. The summed E-state index contributed by atoms with van der Waals surface area (Å²) in [7, 11) is 0. The fourth-order valence-electron chi connectivity index (χ4n) is 0.721. The van der Waals surface area contributed by atoms with E-state index in [2.05, 4.69) is 10.5 Å². The summed E-state index contributed by atoms with van der Waals surface area (Å²) in [6.07, 6.45) is 3.05. The second-order valence-electron chi connectivity index (χ2n) is 2.27. The smallest absolute Gasteiger partial charge is 0.227 e. The van der Waals surface area contributed by atoms with Gasteiger partial charge in [-0.25, -0.2) is 5.43 Å². The van der Waals surface area contributed by atoms with Crippen LogP contribution in [-0.4, -0.2) is 12.1 Å². The Hall–Kier alpha value is -0.860. The molecule has 0 spiro atoms. The SMILES string of the molecule is C/C(=N\NC=O)C1CC1. The van der Waals surface area contributed by atoms with Crippen LogP contribution in [0.2, 0.25) is 0 Å². The van der Waals surface area contributed by atoms with Crippen molar-refractivity contribution < 1.29 is 4.79 Å². The lowest BCUT2D eigenvalue weighted by Crippen LogP contribution is -2.06. The monoisotopic (exact) mass is 126 g/mol. The van der Waals surface area contributed by atoms with Crippen LogP contribution in [0.25, 0.3) is 0 Å². The van der Waals surface area contributed by atoms with Gasteiger partial charge in [-0.15, -0.1) is 0 Å². The first-order chi connectivity index (χ1) is 4.34. The third-order valence-electron chi connectivity index (χ3n) is 1.46. The first-order valence-corrected chi connectivity index (χ1v) is 3.08. The van der Waals surface area contributed by atoms with E-state index in [-0.39, 0.29) is 0 Å². The number of rotatable bonds is 3. The molecule has 1 saturated carbocycles. The lowest BCUT2D eigenvalue weighted by atomic mass is 10.3. The van der Waals surface area contributed by atoms with Crippen molar-refractivity contribution in [3.05, 3.63) is 0 Å². The molecule has 1 amide bonds. The molecule has 1 rings (SSSR count). The summed E-state index contributed by atoms with van der Waals surface area (Å²) in [6.45, 7) is 1.94. The van der Waals surface area contributed by atoms with Crippen LogP contribution >= 0.6 is 0 Å². The van der Waals surface area contributed by atoms with E-state index in [4.69, 9.17) is 0 Å². The van der Waals surface area contributed by atoms with Gasteiger partial charge in [0, 0.05) is 5.71 Å².